The van der Waals surface area contributed by atoms with Crippen molar-refractivity contribution >= 4 is 11.3 Å². The zero-order valence-corrected chi connectivity index (χ0v) is 13.8. The maximum absolute atomic E-state index is 9.88. The van der Waals surface area contributed by atoms with Crippen LogP contribution in [0.25, 0.3) is 0 Å². The summed E-state index contributed by atoms with van der Waals surface area (Å²) in [6, 6.07) is 9.94. The SMILES string of the molecule is Cc1ccc([C@@H]2[C@@H]3CCCC=C3[C@@H](C#N)[C@@H](N)C2(C#N)C#N)s1. The van der Waals surface area contributed by atoms with Gasteiger partial charge in [-0.2, -0.15) is 15.8 Å². The van der Waals surface area contributed by atoms with Crippen LogP contribution in [0.15, 0.2) is 23.8 Å². The fraction of sp³-hybridized carbons (Fsp3) is 0.500. The number of thiophene rings is 1. The molecule has 2 aliphatic rings. The minimum atomic E-state index is -1.35. The van der Waals surface area contributed by atoms with Crippen molar-refractivity contribution in [2.24, 2.45) is 23.0 Å². The average molecular weight is 322 g/mol. The van der Waals surface area contributed by atoms with Crippen molar-refractivity contribution in [1.82, 2.24) is 0 Å². The minimum absolute atomic E-state index is 0.0607. The van der Waals surface area contributed by atoms with Gasteiger partial charge in [0, 0.05) is 15.7 Å². The van der Waals surface area contributed by atoms with Crippen LogP contribution >= 0.6 is 11.3 Å². The molecule has 0 spiro atoms. The van der Waals surface area contributed by atoms with Crippen LogP contribution in [0.2, 0.25) is 0 Å². The molecular formula is C18H18N4S. The average Bonchev–Trinajstić information content (AvgIpc) is 3.00. The Kier molecular flexibility index (Phi) is 3.99. The van der Waals surface area contributed by atoms with Crippen molar-refractivity contribution in [1.29, 1.82) is 15.8 Å². The maximum Gasteiger partial charge on any atom is 0.168 e. The van der Waals surface area contributed by atoms with Gasteiger partial charge in [0.25, 0.3) is 0 Å². The van der Waals surface area contributed by atoms with Crippen molar-refractivity contribution in [2.75, 3.05) is 0 Å². The third-order valence-corrected chi connectivity index (χ3v) is 6.32. The Morgan fingerprint density at radius 3 is 2.57 bits per heavy atom. The van der Waals surface area contributed by atoms with Crippen LogP contribution in [0.5, 0.6) is 0 Å². The quantitative estimate of drug-likeness (QED) is 0.801. The van der Waals surface area contributed by atoms with Crippen LogP contribution in [0.3, 0.4) is 0 Å². The van der Waals surface area contributed by atoms with Crippen molar-refractivity contribution in [2.45, 2.75) is 38.1 Å². The molecule has 1 aromatic heterocycles. The lowest BCUT2D eigenvalue weighted by atomic mass is 9.53. The highest BCUT2D eigenvalue weighted by Crippen LogP contribution is 2.57. The van der Waals surface area contributed by atoms with Crippen LogP contribution in [0.4, 0.5) is 0 Å². The second kappa shape index (κ2) is 5.82. The molecule has 4 nitrogen and oxygen atoms in total. The van der Waals surface area contributed by atoms with Gasteiger partial charge in [0.1, 0.15) is 0 Å². The molecule has 1 aromatic rings. The fourth-order valence-electron chi connectivity index (χ4n) is 4.15. The summed E-state index contributed by atoms with van der Waals surface area (Å²) in [5.41, 5.74) is 6.02. The van der Waals surface area contributed by atoms with E-state index in [9.17, 15) is 15.8 Å². The number of nitrogens with zero attached hydrogens (tertiary/aromatic N) is 3. The van der Waals surface area contributed by atoms with E-state index in [4.69, 9.17) is 5.73 Å². The van der Waals surface area contributed by atoms with E-state index in [2.05, 4.69) is 24.3 Å². The number of rotatable bonds is 1. The zero-order chi connectivity index (χ0) is 16.6. The summed E-state index contributed by atoms with van der Waals surface area (Å²) >= 11 is 1.63. The molecule has 2 N–H and O–H groups in total. The van der Waals surface area contributed by atoms with Gasteiger partial charge in [-0.25, -0.2) is 0 Å². The first kappa shape index (κ1) is 15.8. The first-order valence-corrected chi connectivity index (χ1v) is 8.64. The molecule has 4 atom stereocenters. The molecule has 0 radical (unpaired) electrons. The van der Waals surface area contributed by atoms with E-state index in [1.54, 1.807) is 11.3 Å². The molecule has 5 heteroatoms. The van der Waals surface area contributed by atoms with E-state index in [0.717, 1.165) is 34.6 Å². The highest BCUT2D eigenvalue weighted by molar-refractivity contribution is 7.12. The summed E-state index contributed by atoms with van der Waals surface area (Å²) < 4.78 is 0. The molecule has 0 amide bonds. The summed E-state index contributed by atoms with van der Waals surface area (Å²) in [6.07, 6.45) is 4.99. The lowest BCUT2D eigenvalue weighted by Gasteiger charge is -2.48. The molecule has 3 rings (SSSR count). The highest BCUT2D eigenvalue weighted by atomic mass is 32.1. The summed E-state index contributed by atoms with van der Waals surface area (Å²) in [5, 5.41) is 29.4. The predicted octanol–water partition coefficient (Wildman–Crippen LogP) is 3.38. The first-order chi connectivity index (χ1) is 11.1. The van der Waals surface area contributed by atoms with Gasteiger partial charge in [0.2, 0.25) is 0 Å². The van der Waals surface area contributed by atoms with E-state index in [1.807, 2.05) is 19.1 Å². The van der Waals surface area contributed by atoms with Gasteiger partial charge in [0.15, 0.2) is 5.41 Å². The minimum Gasteiger partial charge on any atom is -0.324 e. The maximum atomic E-state index is 9.88. The number of nitrogens with two attached hydrogens (primary N) is 1. The number of allylic oxidation sites excluding steroid dienone is 1. The van der Waals surface area contributed by atoms with Crippen LogP contribution in [-0.4, -0.2) is 6.04 Å². The topological polar surface area (TPSA) is 97.4 Å². The Bertz CT molecular complexity index is 756. The van der Waals surface area contributed by atoms with E-state index in [0.29, 0.717) is 0 Å². The summed E-state index contributed by atoms with van der Waals surface area (Å²) in [5.74, 6) is -0.732. The Hall–Kier alpha value is -2.13. The Morgan fingerprint density at radius 1 is 1.26 bits per heavy atom. The monoisotopic (exact) mass is 322 g/mol. The number of nitriles is 3. The van der Waals surface area contributed by atoms with Gasteiger partial charge >= 0.3 is 0 Å². The summed E-state index contributed by atoms with van der Waals surface area (Å²) in [6.45, 7) is 2.02. The fourth-order valence-corrected chi connectivity index (χ4v) is 5.27. The molecule has 0 unspecified atom stereocenters. The third kappa shape index (κ3) is 2.19. The molecule has 116 valence electrons. The zero-order valence-electron chi connectivity index (χ0n) is 13.0. The van der Waals surface area contributed by atoms with E-state index in [1.165, 1.54) is 0 Å². The molecule has 1 heterocycles. The smallest absolute Gasteiger partial charge is 0.168 e. The largest absolute Gasteiger partial charge is 0.324 e. The second-order valence-electron chi connectivity index (χ2n) is 6.39. The molecule has 0 saturated heterocycles. The standard InChI is InChI=1S/C18H18N4S/c1-11-6-7-15(23-11)16-13-5-3-2-4-12(13)14(8-19)17(22)18(16,9-20)10-21/h4,6-7,13-14,16-17H,2-3,5,22H2,1H3/t13-,14-,16+,17-/m1/s1. The lowest BCUT2D eigenvalue weighted by Crippen LogP contribution is -2.55. The molecule has 1 saturated carbocycles. The lowest BCUT2D eigenvalue weighted by molar-refractivity contribution is 0.186. The van der Waals surface area contributed by atoms with Crippen LogP contribution < -0.4 is 5.73 Å². The molecule has 0 bridgehead atoms. The van der Waals surface area contributed by atoms with Gasteiger partial charge in [-0.05, 0) is 44.2 Å². The first-order valence-electron chi connectivity index (χ1n) is 7.83. The van der Waals surface area contributed by atoms with Crippen molar-refractivity contribution in [3.05, 3.63) is 33.5 Å². The second-order valence-corrected chi connectivity index (χ2v) is 7.71. The van der Waals surface area contributed by atoms with Crippen molar-refractivity contribution < 1.29 is 0 Å². The van der Waals surface area contributed by atoms with Crippen LogP contribution in [0, 0.1) is 58.2 Å². The summed E-state index contributed by atoms with van der Waals surface area (Å²) in [7, 11) is 0. The van der Waals surface area contributed by atoms with Gasteiger partial charge < -0.3 is 5.73 Å². The van der Waals surface area contributed by atoms with Gasteiger partial charge in [0.05, 0.1) is 30.2 Å². The molecule has 1 fully saturated rings. The molecule has 23 heavy (non-hydrogen) atoms. The van der Waals surface area contributed by atoms with Crippen LogP contribution in [-0.2, 0) is 0 Å². The van der Waals surface area contributed by atoms with Gasteiger partial charge in [-0.15, -0.1) is 11.3 Å². The van der Waals surface area contributed by atoms with Gasteiger partial charge in [-0.1, -0.05) is 11.6 Å². The number of hydrogen-bond donors (Lipinski definition) is 1. The van der Waals surface area contributed by atoms with E-state index < -0.39 is 17.4 Å². The Labute approximate surface area is 140 Å². The normalized spacial score (nSPS) is 31.9. The highest BCUT2D eigenvalue weighted by Gasteiger charge is 2.58. The summed E-state index contributed by atoms with van der Waals surface area (Å²) in [4.78, 5) is 2.19. The van der Waals surface area contributed by atoms with Crippen LogP contribution in [0.1, 0.15) is 34.9 Å². The Balaban J connectivity index is 2.23. The Morgan fingerprint density at radius 2 is 2.00 bits per heavy atom. The molecule has 0 aromatic carbocycles. The number of aryl methyl sites for hydroxylation is 1. The van der Waals surface area contributed by atoms with Crippen molar-refractivity contribution in [3.8, 4) is 18.2 Å². The van der Waals surface area contributed by atoms with E-state index in [-0.39, 0.29) is 11.8 Å². The molecule has 2 aliphatic carbocycles. The third-order valence-electron chi connectivity index (χ3n) is 5.24. The van der Waals surface area contributed by atoms with Crippen molar-refractivity contribution in [3.63, 3.8) is 0 Å². The van der Waals surface area contributed by atoms with E-state index >= 15 is 0 Å². The molecular weight excluding hydrogens is 304 g/mol. The molecule has 0 aliphatic heterocycles. The number of hydrogen-bond acceptors (Lipinski definition) is 5. The number of fused-ring (bicyclic) bond motifs is 1. The van der Waals surface area contributed by atoms with Gasteiger partial charge in [-0.3, -0.25) is 0 Å². The predicted molar refractivity (Wildman–Crippen MR) is 88.0 cm³/mol.